The Labute approximate surface area is 164 Å². The number of aryl methyl sites for hydroxylation is 1. The molecule has 1 aromatic carbocycles. The first-order chi connectivity index (χ1) is 12.5. The second-order valence-corrected chi connectivity index (χ2v) is 8.48. The van der Waals surface area contributed by atoms with Gasteiger partial charge in [-0.3, -0.25) is 0 Å². The molecule has 0 aliphatic carbocycles. The molecule has 2 aromatic rings. The number of fused-ring (bicyclic) bond motifs is 1. The molecule has 0 radical (unpaired) electrons. The van der Waals surface area contributed by atoms with Crippen molar-refractivity contribution in [3.8, 4) is 5.88 Å². The van der Waals surface area contributed by atoms with Crippen molar-refractivity contribution in [1.82, 2.24) is 9.47 Å². The molecule has 0 amide bonds. The minimum Gasteiger partial charge on any atom is -0.493 e. The number of hydrogen-bond donors (Lipinski definition) is 1. The van der Waals surface area contributed by atoms with Crippen LogP contribution in [0.3, 0.4) is 0 Å². The largest absolute Gasteiger partial charge is 0.493 e. The fourth-order valence-electron chi connectivity index (χ4n) is 3.42. The summed E-state index contributed by atoms with van der Waals surface area (Å²) in [6.45, 7) is 8.29. The monoisotopic (exact) mass is 390 g/mol. The van der Waals surface area contributed by atoms with Gasteiger partial charge in [-0.15, -0.1) is 10.2 Å². The number of thiocarbonyl (C=S) groups is 1. The quantitative estimate of drug-likeness (QED) is 0.581. The summed E-state index contributed by atoms with van der Waals surface area (Å²) in [5, 5.41) is 20.0. The number of hydrogen-bond acceptors (Lipinski definition) is 5. The van der Waals surface area contributed by atoms with Crippen molar-refractivity contribution in [2.75, 3.05) is 25.9 Å². The van der Waals surface area contributed by atoms with Gasteiger partial charge in [0.05, 0.1) is 5.52 Å². The van der Waals surface area contributed by atoms with Gasteiger partial charge in [0.15, 0.2) is 10.0 Å². The number of benzene rings is 1. The first-order valence-electron chi connectivity index (χ1n) is 9.03. The van der Waals surface area contributed by atoms with Gasteiger partial charge in [-0.05, 0) is 69.4 Å². The van der Waals surface area contributed by atoms with Crippen LogP contribution in [0.2, 0.25) is 0 Å². The summed E-state index contributed by atoms with van der Waals surface area (Å²) >= 11 is 6.48. The van der Waals surface area contributed by atoms with E-state index in [0.29, 0.717) is 10.0 Å². The molecule has 0 saturated carbocycles. The van der Waals surface area contributed by atoms with Crippen LogP contribution in [0.4, 0.5) is 5.69 Å². The van der Waals surface area contributed by atoms with Crippen LogP contribution in [0, 0.1) is 12.8 Å². The Bertz CT molecular complexity index is 823. The molecule has 140 valence electrons. The predicted octanol–water partition coefficient (Wildman–Crippen LogP) is 5.12. The third-order valence-corrected chi connectivity index (χ3v) is 6.10. The Balaban J connectivity index is 1.88. The minimum atomic E-state index is 0.170. The number of aromatic hydroxyl groups is 1. The van der Waals surface area contributed by atoms with E-state index in [4.69, 9.17) is 12.2 Å². The number of piperidine rings is 1. The fourth-order valence-corrected chi connectivity index (χ4v) is 3.58. The molecule has 1 fully saturated rings. The molecule has 1 aliphatic rings. The zero-order valence-electron chi connectivity index (χ0n) is 15.6. The van der Waals surface area contributed by atoms with Gasteiger partial charge < -0.3 is 14.6 Å². The first-order valence-corrected chi connectivity index (χ1v) is 10.7. The molecule has 1 saturated heterocycles. The molecule has 0 atom stereocenters. The summed E-state index contributed by atoms with van der Waals surface area (Å²) < 4.78 is 2.41. The van der Waals surface area contributed by atoms with Gasteiger partial charge in [0.1, 0.15) is 0 Å². The highest BCUT2D eigenvalue weighted by Crippen LogP contribution is 2.39. The van der Waals surface area contributed by atoms with Crippen molar-refractivity contribution in [1.29, 1.82) is 0 Å². The van der Waals surface area contributed by atoms with Crippen LogP contribution in [0.25, 0.3) is 10.9 Å². The van der Waals surface area contributed by atoms with E-state index in [1.54, 1.807) is 0 Å². The topological polar surface area (TPSA) is 53.1 Å². The Hall–Kier alpha value is -1.44. The van der Waals surface area contributed by atoms with Gasteiger partial charge in [0, 0.05) is 18.5 Å². The van der Waals surface area contributed by atoms with Gasteiger partial charge in [-0.1, -0.05) is 30.3 Å². The smallest absolute Gasteiger partial charge is 0.220 e. The molecule has 1 aromatic heterocycles. The summed E-state index contributed by atoms with van der Waals surface area (Å²) in [4.78, 5) is 2.48. The lowest BCUT2D eigenvalue weighted by molar-refractivity contribution is 0.185. The third-order valence-electron chi connectivity index (χ3n) is 5.09. The highest BCUT2D eigenvalue weighted by Gasteiger charge is 2.19. The zero-order valence-corrected chi connectivity index (χ0v) is 17.2. The van der Waals surface area contributed by atoms with Gasteiger partial charge in [-0.25, -0.2) is 0 Å². The SMILES string of the molecule is CSC(=S)N=Nc1c(O)n(CCN2CCC(C)CC2)c2ccc(C)cc12. The summed E-state index contributed by atoms with van der Waals surface area (Å²) in [6.07, 6.45) is 4.38. The Kier molecular flexibility index (Phi) is 6.32. The molecule has 0 unspecified atom stereocenters. The molecule has 7 heteroatoms. The number of thioether (sulfide) groups is 1. The van der Waals surface area contributed by atoms with Crippen molar-refractivity contribution in [2.45, 2.75) is 33.2 Å². The number of rotatable bonds is 4. The van der Waals surface area contributed by atoms with E-state index in [9.17, 15) is 5.11 Å². The Morgan fingerprint density at radius 2 is 2.04 bits per heavy atom. The second kappa shape index (κ2) is 8.50. The first kappa shape index (κ1) is 19.3. The van der Waals surface area contributed by atoms with Gasteiger partial charge >= 0.3 is 0 Å². The van der Waals surface area contributed by atoms with Crippen molar-refractivity contribution in [3.63, 3.8) is 0 Å². The van der Waals surface area contributed by atoms with Gasteiger partial charge in [-0.2, -0.15) is 0 Å². The zero-order chi connectivity index (χ0) is 18.7. The lowest BCUT2D eigenvalue weighted by Crippen LogP contribution is -2.35. The van der Waals surface area contributed by atoms with Crippen LogP contribution in [0.5, 0.6) is 5.88 Å². The normalized spacial score (nSPS) is 16.7. The van der Waals surface area contributed by atoms with Crippen LogP contribution in [-0.2, 0) is 6.54 Å². The summed E-state index contributed by atoms with van der Waals surface area (Å²) in [7, 11) is 0. The highest BCUT2D eigenvalue weighted by atomic mass is 32.2. The van der Waals surface area contributed by atoms with Gasteiger partial charge in [0.2, 0.25) is 5.88 Å². The maximum atomic E-state index is 10.8. The highest BCUT2D eigenvalue weighted by molar-refractivity contribution is 8.22. The lowest BCUT2D eigenvalue weighted by Gasteiger charge is -2.30. The molecule has 5 nitrogen and oxygen atoms in total. The van der Waals surface area contributed by atoms with E-state index >= 15 is 0 Å². The van der Waals surface area contributed by atoms with Crippen molar-refractivity contribution in [2.24, 2.45) is 16.1 Å². The number of aromatic nitrogens is 1. The van der Waals surface area contributed by atoms with E-state index < -0.39 is 0 Å². The average molecular weight is 391 g/mol. The van der Waals surface area contributed by atoms with Crippen molar-refractivity contribution >= 4 is 44.9 Å². The summed E-state index contributed by atoms with van der Waals surface area (Å²) in [5.74, 6) is 0.992. The molecule has 26 heavy (non-hydrogen) atoms. The fraction of sp³-hybridized carbons (Fsp3) is 0.526. The van der Waals surface area contributed by atoms with Crippen LogP contribution in [0.1, 0.15) is 25.3 Å². The molecule has 0 bridgehead atoms. The predicted molar refractivity (Wildman–Crippen MR) is 114 cm³/mol. The maximum Gasteiger partial charge on any atom is 0.220 e. The molecule has 2 heterocycles. The molecule has 3 rings (SSSR count). The van der Waals surface area contributed by atoms with E-state index in [1.807, 2.05) is 23.8 Å². The third kappa shape index (κ3) is 4.27. The number of likely N-dealkylation sites (tertiary alicyclic amines) is 1. The van der Waals surface area contributed by atoms with Crippen LogP contribution in [0.15, 0.2) is 28.4 Å². The van der Waals surface area contributed by atoms with Crippen molar-refractivity contribution in [3.05, 3.63) is 23.8 Å². The standard InChI is InChI=1S/C19H26N4OS2/c1-13-6-8-22(9-7-13)10-11-23-16-5-4-14(2)12-15(16)17(18(23)24)20-21-19(25)26-3/h4-5,12-13,24H,6-11H2,1-3H3. The average Bonchev–Trinajstić information content (AvgIpc) is 2.89. The molecule has 0 spiro atoms. The summed E-state index contributed by atoms with van der Waals surface area (Å²) in [6, 6.07) is 6.16. The maximum absolute atomic E-state index is 10.8. The number of nitrogens with zero attached hydrogens (tertiary/aromatic N) is 4. The minimum absolute atomic E-state index is 0.170. The molecule has 1 aliphatic heterocycles. The van der Waals surface area contributed by atoms with Gasteiger partial charge in [0.25, 0.3) is 0 Å². The molecular weight excluding hydrogens is 364 g/mol. The van der Waals surface area contributed by atoms with E-state index in [2.05, 4.69) is 34.2 Å². The van der Waals surface area contributed by atoms with E-state index in [0.717, 1.165) is 48.6 Å². The Morgan fingerprint density at radius 1 is 1.31 bits per heavy atom. The number of azo groups is 1. The van der Waals surface area contributed by atoms with Crippen LogP contribution >= 0.6 is 24.0 Å². The van der Waals surface area contributed by atoms with E-state index in [-0.39, 0.29) is 5.88 Å². The second-order valence-electron chi connectivity index (χ2n) is 7.04. The lowest BCUT2D eigenvalue weighted by atomic mass is 9.99. The van der Waals surface area contributed by atoms with Crippen molar-refractivity contribution < 1.29 is 5.11 Å². The Morgan fingerprint density at radius 3 is 2.73 bits per heavy atom. The molecular formula is C19H26N4OS2. The van der Waals surface area contributed by atoms with E-state index in [1.165, 1.54) is 24.6 Å². The molecule has 1 N–H and O–H groups in total. The van der Waals surface area contributed by atoms with Crippen LogP contribution < -0.4 is 0 Å². The summed E-state index contributed by atoms with van der Waals surface area (Å²) in [5.41, 5.74) is 2.62. The van der Waals surface area contributed by atoms with Crippen LogP contribution in [-0.4, -0.2) is 44.8 Å².